The van der Waals surface area contributed by atoms with E-state index in [9.17, 15) is 19.5 Å². The molecule has 0 spiro atoms. The van der Waals surface area contributed by atoms with Crippen LogP contribution < -0.4 is 5.11 Å². The van der Waals surface area contributed by atoms with E-state index in [1.165, 1.54) is 103 Å². The van der Waals surface area contributed by atoms with Crippen molar-refractivity contribution in [1.82, 2.24) is 0 Å². The molecule has 0 heterocycles. The molecule has 0 fully saturated rings. The zero-order chi connectivity index (χ0) is 51.3. The van der Waals surface area contributed by atoms with E-state index in [2.05, 4.69) is 98.9 Å². The molecule has 0 aliphatic carbocycles. The van der Waals surface area contributed by atoms with Crippen molar-refractivity contribution in [2.75, 3.05) is 47.5 Å². The largest absolute Gasteiger partial charge is 0.545 e. The maximum absolute atomic E-state index is 12.8. The summed E-state index contributed by atoms with van der Waals surface area (Å²) in [5.41, 5.74) is 0. The summed E-state index contributed by atoms with van der Waals surface area (Å²) in [6, 6.07) is 0. The monoisotopic (exact) mass is 980 g/mol. The van der Waals surface area contributed by atoms with Gasteiger partial charge in [0.2, 0.25) is 0 Å². The average Bonchev–Trinajstić information content (AvgIpc) is 3.33. The van der Waals surface area contributed by atoms with Crippen LogP contribution in [-0.2, 0) is 33.3 Å². The molecule has 0 N–H and O–H groups in total. The number of carboxylic acid groups (broad SMARTS) is 1. The van der Waals surface area contributed by atoms with Gasteiger partial charge >= 0.3 is 11.9 Å². The summed E-state index contributed by atoms with van der Waals surface area (Å²) in [6.45, 7) is 4.62. The second-order valence-electron chi connectivity index (χ2n) is 19.9. The predicted molar refractivity (Wildman–Crippen MR) is 292 cm³/mol. The highest BCUT2D eigenvalue weighted by Gasteiger charge is 2.22. The molecule has 2 atom stereocenters. The van der Waals surface area contributed by atoms with Crippen molar-refractivity contribution in [1.29, 1.82) is 0 Å². The Labute approximate surface area is 430 Å². The van der Waals surface area contributed by atoms with E-state index in [4.69, 9.17) is 18.9 Å². The van der Waals surface area contributed by atoms with Crippen LogP contribution in [0, 0.1) is 0 Å². The van der Waals surface area contributed by atoms with Crippen LogP contribution in [-0.4, -0.2) is 82.3 Å². The Morgan fingerprint density at radius 3 is 1.21 bits per heavy atom. The first-order chi connectivity index (χ1) is 34.1. The van der Waals surface area contributed by atoms with Gasteiger partial charge in [0, 0.05) is 12.8 Å². The highest BCUT2D eigenvalue weighted by atomic mass is 16.7. The number of allylic oxidation sites excluding steroid dienone is 14. The zero-order valence-corrected chi connectivity index (χ0v) is 45.6. The normalized spacial score (nSPS) is 13.4. The Morgan fingerprint density at radius 1 is 0.443 bits per heavy atom. The molecule has 0 aliphatic heterocycles. The summed E-state index contributed by atoms with van der Waals surface area (Å²) in [5.74, 6) is -2.29. The van der Waals surface area contributed by atoms with E-state index < -0.39 is 24.3 Å². The van der Waals surface area contributed by atoms with Gasteiger partial charge < -0.3 is 33.3 Å². The quantitative estimate of drug-likeness (QED) is 0.0195. The van der Waals surface area contributed by atoms with Crippen molar-refractivity contribution in [2.24, 2.45) is 0 Å². The minimum atomic E-state index is -1.62. The van der Waals surface area contributed by atoms with E-state index in [-0.39, 0.29) is 32.2 Å². The number of ether oxygens (including phenoxy) is 4. The van der Waals surface area contributed by atoms with Gasteiger partial charge in [0.25, 0.3) is 0 Å². The number of hydrogen-bond acceptors (Lipinski definition) is 8. The molecule has 0 radical (unpaired) electrons. The third kappa shape index (κ3) is 52.3. The molecule has 0 aliphatic rings. The number of esters is 2. The molecule has 0 amide bonds. The molecule has 402 valence electrons. The van der Waals surface area contributed by atoms with E-state index in [1.54, 1.807) is 0 Å². The molecule has 0 saturated heterocycles. The standard InChI is InChI=1S/C61H105NO8/c1-6-8-10-12-14-16-18-20-21-22-23-24-25-26-27-28-29-30-31-32-33-34-35-36-37-38-39-40-42-44-46-48-50-52-59(64)70-57(56-69-61(60(65)66)67-54-53-62(3,4)5)55-68-58(63)51-49-47-45-43-41-19-17-15-13-11-9-7-2/h8,10,14,16,20-21,23-24,26-27,29-30,32-33,57,61H,6-7,9,11-13,15,17-19,22,25,28,31,34-56H2,1-5H3/b10-8-,16-14-,21-20-,24-23-,27-26-,30-29-,33-32-. The molecule has 0 aromatic heterocycles. The van der Waals surface area contributed by atoms with Crippen molar-refractivity contribution in [2.45, 2.75) is 238 Å². The maximum Gasteiger partial charge on any atom is 0.306 e. The highest BCUT2D eigenvalue weighted by Crippen LogP contribution is 2.15. The maximum atomic E-state index is 12.8. The minimum Gasteiger partial charge on any atom is -0.545 e. The Balaban J connectivity index is 4.17. The first-order valence-corrected chi connectivity index (χ1v) is 28.2. The van der Waals surface area contributed by atoms with Crippen LogP contribution in [0.25, 0.3) is 0 Å². The van der Waals surface area contributed by atoms with Gasteiger partial charge in [0.15, 0.2) is 12.4 Å². The number of hydrogen-bond donors (Lipinski definition) is 0. The lowest BCUT2D eigenvalue weighted by molar-refractivity contribution is -0.870. The topological polar surface area (TPSA) is 111 Å². The summed E-state index contributed by atoms with van der Waals surface area (Å²) in [4.78, 5) is 37.2. The molecule has 0 saturated carbocycles. The molecule has 2 unspecified atom stereocenters. The molecule has 0 aromatic rings. The molecule has 0 aromatic carbocycles. The number of unbranched alkanes of at least 4 members (excludes halogenated alkanes) is 22. The van der Waals surface area contributed by atoms with Crippen LogP contribution in [0.3, 0.4) is 0 Å². The van der Waals surface area contributed by atoms with Crippen molar-refractivity contribution in [3.05, 3.63) is 85.1 Å². The number of carboxylic acids is 1. The van der Waals surface area contributed by atoms with Crippen LogP contribution in [0.2, 0.25) is 0 Å². The van der Waals surface area contributed by atoms with Crippen molar-refractivity contribution in [3.63, 3.8) is 0 Å². The number of carbonyl (C=O) groups excluding carboxylic acids is 3. The third-order valence-corrected chi connectivity index (χ3v) is 11.9. The fourth-order valence-electron chi connectivity index (χ4n) is 7.58. The Morgan fingerprint density at radius 2 is 0.814 bits per heavy atom. The smallest absolute Gasteiger partial charge is 0.306 e. The van der Waals surface area contributed by atoms with Crippen LogP contribution in [0.4, 0.5) is 0 Å². The first kappa shape index (κ1) is 66.5. The number of quaternary nitrogens is 1. The van der Waals surface area contributed by atoms with E-state index in [0.717, 1.165) is 89.9 Å². The molecular weight excluding hydrogens is 875 g/mol. The number of carbonyl (C=O) groups is 3. The van der Waals surface area contributed by atoms with E-state index >= 15 is 0 Å². The van der Waals surface area contributed by atoms with E-state index in [1.807, 2.05) is 21.1 Å². The molecule has 9 heteroatoms. The van der Waals surface area contributed by atoms with E-state index in [0.29, 0.717) is 23.9 Å². The molecule has 0 bridgehead atoms. The van der Waals surface area contributed by atoms with Gasteiger partial charge in [-0.2, -0.15) is 0 Å². The van der Waals surface area contributed by atoms with Crippen LogP contribution in [0.1, 0.15) is 226 Å². The Bertz CT molecular complexity index is 1420. The minimum absolute atomic E-state index is 0.145. The Kier molecular flexibility index (Phi) is 49.2. The van der Waals surface area contributed by atoms with Gasteiger partial charge in [0.1, 0.15) is 13.2 Å². The summed E-state index contributed by atoms with van der Waals surface area (Å²) in [7, 11) is 5.91. The number of rotatable bonds is 51. The third-order valence-electron chi connectivity index (χ3n) is 11.9. The van der Waals surface area contributed by atoms with Crippen molar-refractivity contribution in [3.8, 4) is 0 Å². The fourth-order valence-corrected chi connectivity index (χ4v) is 7.58. The molecule has 70 heavy (non-hydrogen) atoms. The molecular formula is C61H105NO8. The van der Waals surface area contributed by atoms with Crippen molar-refractivity contribution >= 4 is 17.9 Å². The average molecular weight is 981 g/mol. The summed E-state index contributed by atoms with van der Waals surface area (Å²) < 4.78 is 22.6. The summed E-state index contributed by atoms with van der Waals surface area (Å²) in [5, 5.41) is 11.7. The lowest BCUT2D eigenvalue weighted by atomic mass is 10.0. The van der Waals surface area contributed by atoms with Gasteiger partial charge in [0.05, 0.1) is 40.3 Å². The van der Waals surface area contributed by atoms with Gasteiger partial charge in [-0.1, -0.05) is 227 Å². The van der Waals surface area contributed by atoms with Crippen LogP contribution >= 0.6 is 0 Å². The van der Waals surface area contributed by atoms with Crippen LogP contribution in [0.15, 0.2) is 85.1 Å². The summed E-state index contributed by atoms with van der Waals surface area (Å²) >= 11 is 0. The first-order valence-electron chi connectivity index (χ1n) is 28.2. The SMILES string of the molecule is CC/C=C\C/C=C\C/C=C\C/C=C\C/C=C\C/C=C\C/C=C\CCCCCCCCCCCCCC(=O)OC(COC(=O)CCCCCCCCCCCCCC)COC(OCC[N+](C)(C)C)C(=O)[O-]. The lowest BCUT2D eigenvalue weighted by Gasteiger charge is -2.26. The molecule has 0 rings (SSSR count). The second-order valence-corrected chi connectivity index (χ2v) is 19.9. The predicted octanol–water partition coefficient (Wildman–Crippen LogP) is 15.1. The van der Waals surface area contributed by atoms with Crippen molar-refractivity contribution < 1.29 is 42.9 Å². The fraction of sp³-hybridized carbons (Fsp3) is 0.721. The lowest BCUT2D eigenvalue weighted by Crippen LogP contribution is -2.44. The highest BCUT2D eigenvalue weighted by molar-refractivity contribution is 5.70. The molecule has 9 nitrogen and oxygen atoms in total. The summed E-state index contributed by atoms with van der Waals surface area (Å²) in [6.07, 6.45) is 64.9. The second kappa shape index (κ2) is 51.8. The van der Waals surface area contributed by atoms with Gasteiger partial charge in [-0.05, 0) is 70.6 Å². The number of nitrogens with zero attached hydrogens (tertiary/aromatic N) is 1. The Hall–Kier alpha value is -3.53. The number of aliphatic carboxylic acids is 1. The van der Waals surface area contributed by atoms with Gasteiger partial charge in [-0.25, -0.2) is 0 Å². The zero-order valence-electron chi connectivity index (χ0n) is 45.6. The van der Waals surface area contributed by atoms with Gasteiger partial charge in [-0.15, -0.1) is 0 Å². The van der Waals surface area contributed by atoms with Crippen LogP contribution in [0.5, 0.6) is 0 Å². The van der Waals surface area contributed by atoms with Gasteiger partial charge in [-0.3, -0.25) is 9.59 Å². The number of likely N-dealkylation sites (N-methyl/N-ethyl adjacent to an activating group) is 1.